The van der Waals surface area contributed by atoms with Gasteiger partial charge in [-0.05, 0) is 54.8 Å². The summed E-state index contributed by atoms with van der Waals surface area (Å²) in [5.41, 5.74) is 2.19. The van der Waals surface area contributed by atoms with Crippen molar-refractivity contribution in [2.45, 2.75) is 19.3 Å². The molecule has 0 atom stereocenters. The maximum absolute atomic E-state index is 11.8. The van der Waals surface area contributed by atoms with E-state index in [1.807, 2.05) is 12.1 Å². The van der Waals surface area contributed by atoms with Crippen molar-refractivity contribution in [2.75, 3.05) is 25.0 Å². The molecule has 1 aromatic rings. The fourth-order valence-electron chi connectivity index (χ4n) is 2.63. The molecule has 2 saturated heterocycles. The zero-order valence-electron chi connectivity index (χ0n) is 12.0. The van der Waals surface area contributed by atoms with Crippen LogP contribution in [0.2, 0.25) is 0 Å². The zero-order chi connectivity index (χ0) is 14.8. The van der Waals surface area contributed by atoms with Crippen LogP contribution in [0.15, 0.2) is 29.2 Å². The average molecular weight is 302 g/mol. The first-order chi connectivity index (χ1) is 10.1. The lowest BCUT2D eigenvalue weighted by atomic mass is 10.1. The van der Waals surface area contributed by atoms with Crippen LogP contribution in [0, 0.1) is 0 Å². The number of rotatable bonds is 2. The van der Waals surface area contributed by atoms with E-state index in [9.17, 15) is 9.59 Å². The van der Waals surface area contributed by atoms with Crippen LogP contribution in [-0.2, 0) is 4.79 Å². The molecule has 0 saturated carbocycles. The molecule has 1 aromatic carbocycles. The van der Waals surface area contributed by atoms with Gasteiger partial charge in [-0.3, -0.25) is 14.5 Å². The molecular formula is C16H18N2O2S. The van der Waals surface area contributed by atoms with Crippen molar-refractivity contribution in [3.63, 3.8) is 0 Å². The first kappa shape index (κ1) is 14.2. The van der Waals surface area contributed by atoms with Gasteiger partial charge in [0.15, 0.2) is 0 Å². The van der Waals surface area contributed by atoms with Crippen molar-refractivity contribution in [3.05, 3.63) is 34.7 Å². The summed E-state index contributed by atoms with van der Waals surface area (Å²) in [6, 6.07) is 8.20. The third-order valence-corrected chi connectivity index (χ3v) is 4.86. The van der Waals surface area contributed by atoms with Gasteiger partial charge in [-0.1, -0.05) is 12.1 Å². The molecule has 2 fully saturated rings. The number of imide groups is 1. The van der Waals surface area contributed by atoms with Gasteiger partial charge >= 0.3 is 0 Å². The molecule has 0 radical (unpaired) electrons. The first-order valence-electron chi connectivity index (χ1n) is 7.22. The summed E-state index contributed by atoms with van der Waals surface area (Å²) in [5.74, 6) is -0.217. The molecule has 2 aliphatic heterocycles. The second-order valence-electron chi connectivity index (χ2n) is 5.38. The Kier molecular flexibility index (Phi) is 4.01. The van der Waals surface area contributed by atoms with Gasteiger partial charge in [0.1, 0.15) is 0 Å². The molecular weight excluding hydrogens is 284 g/mol. The third-order valence-electron chi connectivity index (χ3n) is 3.90. The predicted molar refractivity (Wildman–Crippen MR) is 86.2 cm³/mol. The molecule has 5 heteroatoms. The molecule has 0 N–H and O–H groups in total. The maximum Gasteiger partial charge on any atom is 0.293 e. The lowest BCUT2D eigenvalue weighted by Gasteiger charge is -2.28. The summed E-state index contributed by atoms with van der Waals surface area (Å²) in [7, 11) is 1.51. The van der Waals surface area contributed by atoms with Crippen molar-refractivity contribution in [1.82, 2.24) is 4.90 Å². The van der Waals surface area contributed by atoms with Crippen LogP contribution in [0.3, 0.4) is 0 Å². The highest BCUT2D eigenvalue weighted by atomic mass is 32.2. The van der Waals surface area contributed by atoms with Crippen LogP contribution in [0.1, 0.15) is 24.8 Å². The molecule has 2 aliphatic rings. The van der Waals surface area contributed by atoms with E-state index in [0.29, 0.717) is 4.91 Å². The Morgan fingerprint density at radius 1 is 1.05 bits per heavy atom. The van der Waals surface area contributed by atoms with Crippen molar-refractivity contribution in [1.29, 1.82) is 0 Å². The van der Waals surface area contributed by atoms with Gasteiger partial charge in [-0.15, -0.1) is 0 Å². The standard InChI is InChI=1S/C16H18N2O2S/c1-17-15(19)14(21-16(17)20)11-12-5-7-13(8-6-12)18-9-3-2-4-10-18/h5-8,11H,2-4,9-10H2,1H3/b14-11-. The van der Waals surface area contributed by atoms with Crippen molar-refractivity contribution >= 4 is 34.7 Å². The number of hydrogen-bond acceptors (Lipinski definition) is 4. The fraction of sp³-hybridized carbons (Fsp3) is 0.375. The highest BCUT2D eigenvalue weighted by Gasteiger charge is 2.31. The average Bonchev–Trinajstić information content (AvgIpc) is 2.76. The number of amides is 2. The topological polar surface area (TPSA) is 40.6 Å². The number of thioether (sulfide) groups is 1. The number of piperidine rings is 1. The third kappa shape index (κ3) is 2.97. The number of likely N-dealkylation sites (N-methyl/N-ethyl adjacent to an activating group) is 1. The molecule has 0 spiro atoms. The largest absolute Gasteiger partial charge is 0.372 e. The number of anilines is 1. The van der Waals surface area contributed by atoms with Gasteiger partial charge in [0.25, 0.3) is 11.1 Å². The van der Waals surface area contributed by atoms with Gasteiger partial charge < -0.3 is 4.90 Å². The molecule has 21 heavy (non-hydrogen) atoms. The van der Waals surface area contributed by atoms with E-state index in [2.05, 4.69) is 17.0 Å². The van der Waals surface area contributed by atoms with Crippen LogP contribution in [-0.4, -0.2) is 36.2 Å². The lowest BCUT2D eigenvalue weighted by Crippen LogP contribution is -2.29. The summed E-state index contributed by atoms with van der Waals surface area (Å²) < 4.78 is 0. The van der Waals surface area contributed by atoms with Crippen LogP contribution >= 0.6 is 11.8 Å². The molecule has 2 heterocycles. The second kappa shape index (κ2) is 5.93. The molecule has 4 nitrogen and oxygen atoms in total. The monoisotopic (exact) mass is 302 g/mol. The predicted octanol–water partition coefficient (Wildman–Crippen LogP) is 3.34. The Hall–Kier alpha value is -1.75. The van der Waals surface area contributed by atoms with Crippen LogP contribution in [0.5, 0.6) is 0 Å². The number of nitrogens with zero attached hydrogens (tertiary/aromatic N) is 2. The summed E-state index contributed by atoms with van der Waals surface area (Å²) >= 11 is 0.997. The summed E-state index contributed by atoms with van der Waals surface area (Å²) in [5, 5.41) is -0.212. The summed E-state index contributed by atoms with van der Waals surface area (Å²) in [4.78, 5) is 27.3. The maximum atomic E-state index is 11.8. The second-order valence-corrected chi connectivity index (χ2v) is 6.37. The van der Waals surface area contributed by atoms with Crippen LogP contribution in [0.25, 0.3) is 6.08 Å². The zero-order valence-corrected chi connectivity index (χ0v) is 12.9. The quantitative estimate of drug-likeness (QED) is 0.786. The molecule has 0 aliphatic carbocycles. The number of carbonyl (C=O) groups is 2. The molecule has 0 bridgehead atoms. The van der Waals surface area contributed by atoms with E-state index >= 15 is 0 Å². The van der Waals surface area contributed by atoms with Gasteiger partial charge in [0, 0.05) is 25.8 Å². The van der Waals surface area contributed by atoms with Crippen molar-refractivity contribution in [3.8, 4) is 0 Å². The fourth-order valence-corrected chi connectivity index (χ4v) is 3.46. The van der Waals surface area contributed by atoms with E-state index in [-0.39, 0.29) is 11.1 Å². The van der Waals surface area contributed by atoms with Gasteiger partial charge in [-0.25, -0.2) is 0 Å². The lowest BCUT2D eigenvalue weighted by molar-refractivity contribution is -0.121. The molecule has 110 valence electrons. The van der Waals surface area contributed by atoms with Gasteiger partial charge in [0.05, 0.1) is 4.91 Å². The van der Waals surface area contributed by atoms with Gasteiger partial charge in [-0.2, -0.15) is 0 Å². The van der Waals surface area contributed by atoms with Crippen molar-refractivity contribution in [2.24, 2.45) is 0 Å². The molecule has 2 amide bonds. The van der Waals surface area contributed by atoms with E-state index in [1.165, 1.54) is 32.0 Å². The van der Waals surface area contributed by atoms with Crippen LogP contribution in [0.4, 0.5) is 10.5 Å². The van der Waals surface area contributed by atoms with Crippen molar-refractivity contribution < 1.29 is 9.59 Å². The highest BCUT2D eigenvalue weighted by Crippen LogP contribution is 2.31. The minimum Gasteiger partial charge on any atom is -0.372 e. The first-order valence-corrected chi connectivity index (χ1v) is 8.03. The smallest absolute Gasteiger partial charge is 0.293 e. The molecule has 0 aromatic heterocycles. The number of carbonyl (C=O) groups excluding carboxylic acids is 2. The highest BCUT2D eigenvalue weighted by molar-refractivity contribution is 8.18. The summed E-state index contributed by atoms with van der Waals surface area (Å²) in [6.45, 7) is 2.24. The Morgan fingerprint density at radius 2 is 1.71 bits per heavy atom. The van der Waals surface area contributed by atoms with E-state index in [1.54, 1.807) is 6.08 Å². The minimum absolute atomic E-state index is 0.212. The Morgan fingerprint density at radius 3 is 2.29 bits per heavy atom. The van der Waals surface area contributed by atoms with E-state index < -0.39 is 0 Å². The SMILES string of the molecule is CN1C(=O)S/C(=C\c2ccc(N3CCCCC3)cc2)C1=O. The Bertz CT molecular complexity index is 589. The molecule has 0 unspecified atom stereocenters. The normalized spacial score (nSPS) is 21.5. The number of benzene rings is 1. The van der Waals surface area contributed by atoms with E-state index in [4.69, 9.17) is 0 Å². The minimum atomic E-state index is -0.217. The number of hydrogen-bond donors (Lipinski definition) is 0. The van der Waals surface area contributed by atoms with E-state index in [0.717, 1.165) is 35.3 Å². The van der Waals surface area contributed by atoms with Crippen LogP contribution < -0.4 is 4.90 Å². The summed E-state index contributed by atoms with van der Waals surface area (Å²) in [6.07, 6.45) is 5.62. The molecule has 3 rings (SSSR count). The Balaban J connectivity index is 1.75. The van der Waals surface area contributed by atoms with Gasteiger partial charge in [0.2, 0.25) is 0 Å². The Labute approximate surface area is 128 Å².